The van der Waals surface area contributed by atoms with Crippen molar-refractivity contribution >= 4 is 23.9 Å². The molecule has 1 fully saturated rings. The van der Waals surface area contributed by atoms with Gasteiger partial charge < -0.3 is 0 Å². The number of aromatic nitrogens is 2. The topological polar surface area (TPSA) is 101 Å². The van der Waals surface area contributed by atoms with Crippen molar-refractivity contribution in [2.24, 2.45) is 0 Å². The maximum Gasteiger partial charge on any atom is 0.328 e. The fourth-order valence-corrected chi connectivity index (χ4v) is 2.13. The number of nitrogens with zero attached hydrogens (tertiary/aromatic N) is 2. The minimum absolute atomic E-state index is 0.140. The summed E-state index contributed by atoms with van der Waals surface area (Å²) in [5.74, 6) is -1.46. The third-order valence-corrected chi connectivity index (χ3v) is 3.22. The van der Waals surface area contributed by atoms with Crippen LogP contribution in [0.15, 0.2) is 42.2 Å². The number of carbonyl (C=O) groups excluding carboxylic acids is 3. The molecule has 0 aromatic carbocycles. The van der Waals surface area contributed by atoms with Gasteiger partial charge in [0.2, 0.25) is 0 Å². The van der Waals surface area contributed by atoms with Crippen LogP contribution in [-0.2, 0) is 9.59 Å². The number of imide groups is 2. The Hall–Kier alpha value is -3.35. The normalized spacial score (nSPS) is 14.3. The number of urea groups is 1. The summed E-state index contributed by atoms with van der Waals surface area (Å²) in [6.07, 6.45) is 4.65. The van der Waals surface area contributed by atoms with E-state index in [4.69, 9.17) is 0 Å². The summed E-state index contributed by atoms with van der Waals surface area (Å²) in [4.78, 5) is 43.0. The van der Waals surface area contributed by atoms with Gasteiger partial charge in [0.25, 0.3) is 11.8 Å². The molecule has 0 unspecified atom stereocenters. The molecule has 3 heterocycles. The number of aryl methyl sites for hydroxylation is 1. The lowest BCUT2D eigenvalue weighted by Crippen LogP contribution is -2.51. The molecule has 0 spiro atoms. The van der Waals surface area contributed by atoms with Crippen molar-refractivity contribution in [2.45, 2.75) is 6.92 Å². The average Bonchev–Trinajstić information content (AvgIpc) is 2.51. The van der Waals surface area contributed by atoms with E-state index >= 15 is 0 Å². The molecule has 7 heteroatoms. The maximum atomic E-state index is 11.7. The van der Waals surface area contributed by atoms with E-state index in [9.17, 15) is 14.4 Å². The van der Waals surface area contributed by atoms with Crippen molar-refractivity contribution in [3.05, 3.63) is 53.4 Å². The van der Waals surface area contributed by atoms with E-state index in [1.165, 1.54) is 6.08 Å². The van der Waals surface area contributed by atoms with Gasteiger partial charge in [0, 0.05) is 12.4 Å². The Balaban J connectivity index is 1.97. The highest BCUT2D eigenvalue weighted by atomic mass is 16.2. The van der Waals surface area contributed by atoms with Crippen LogP contribution in [-0.4, -0.2) is 27.8 Å². The van der Waals surface area contributed by atoms with E-state index in [2.05, 4.69) is 9.97 Å². The second-order valence-corrected chi connectivity index (χ2v) is 4.99. The average molecular weight is 308 g/mol. The fraction of sp³-hybridized carbons (Fsp3) is 0.0625. The number of pyridine rings is 2. The zero-order valence-corrected chi connectivity index (χ0v) is 12.2. The van der Waals surface area contributed by atoms with Crippen molar-refractivity contribution in [1.29, 1.82) is 0 Å². The lowest BCUT2D eigenvalue weighted by molar-refractivity contribution is -0.123. The Labute approximate surface area is 131 Å². The minimum Gasteiger partial charge on any atom is -0.273 e. The lowest BCUT2D eigenvalue weighted by Gasteiger charge is -2.13. The number of nitrogens with one attached hydrogen (secondary N) is 2. The van der Waals surface area contributed by atoms with Gasteiger partial charge in [-0.1, -0.05) is 0 Å². The number of rotatable bonds is 2. The van der Waals surface area contributed by atoms with E-state index in [1.54, 1.807) is 24.5 Å². The summed E-state index contributed by atoms with van der Waals surface area (Å²) in [6, 6.07) is 6.31. The highest BCUT2D eigenvalue weighted by Gasteiger charge is 2.27. The Morgan fingerprint density at radius 3 is 2.17 bits per heavy atom. The number of carbonyl (C=O) groups is 3. The van der Waals surface area contributed by atoms with Gasteiger partial charge in [-0.3, -0.25) is 30.2 Å². The van der Waals surface area contributed by atoms with Crippen LogP contribution in [0.3, 0.4) is 0 Å². The van der Waals surface area contributed by atoms with Crippen molar-refractivity contribution in [1.82, 2.24) is 20.6 Å². The molecule has 7 nitrogen and oxygen atoms in total. The molecule has 2 N–H and O–H groups in total. The fourth-order valence-electron chi connectivity index (χ4n) is 2.13. The molecule has 1 aliphatic rings. The third kappa shape index (κ3) is 3.13. The Kier molecular flexibility index (Phi) is 3.68. The molecular formula is C16H12N4O3. The van der Waals surface area contributed by atoms with Gasteiger partial charge in [-0.05, 0) is 48.4 Å². The summed E-state index contributed by atoms with van der Waals surface area (Å²) in [5.41, 5.74) is 2.82. The maximum absolute atomic E-state index is 11.7. The van der Waals surface area contributed by atoms with Crippen LogP contribution in [0.5, 0.6) is 0 Å². The van der Waals surface area contributed by atoms with Crippen molar-refractivity contribution in [2.75, 3.05) is 0 Å². The smallest absolute Gasteiger partial charge is 0.273 e. The van der Waals surface area contributed by atoms with Crippen LogP contribution < -0.4 is 10.6 Å². The standard InChI is InChI=1S/C16H12N4O3/c1-9-2-4-17-12(6-9)13-8-10(3-5-18-13)7-11-14(21)19-16(23)20-15(11)22/h2-8H,1H3,(H2,19,20,21,22,23). The number of barbiturate groups is 1. The van der Waals surface area contributed by atoms with Crippen LogP contribution in [0.1, 0.15) is 11.1 Å². The van der Waals surface area contributed by atoms with Crippen LogP contribution in [0, 0.1) is 6.92 Å². The van der Waals surface area contributed by atoms with E-state index in [0.29, 0.717) is 17.0 Å². The molecule has 1 saturated heterocycles. The highest BCUT2D eigenvalue weighted by Crippen LogP contribution is 2.18. The van der Waals surface area contributed by atoms with Crippen LogP contribution in [0.2, 0.25) is 0 Å². The zero-order valence-electron chi connectivity index (χ0n) is 12.2. The van der Waals surface area contributed by atoms with Gasteiger partial charge in [-0.15, -0.1) is 0 Å². The first-order valence-electron chi connectivity index (χ1n) is 6.80. The quantitative estimate of drug-likeness (QED) is 0.641. The molecule has 2 aromatic rings. The SMILES string of the molecule is Cc1ccnc(-c2cc(C=C3C(=O)NC(=O)NC3=O)ccn2)c1. The molecule has 0 radical (unpaired) electrons. The first-order chi connectivity index (χ1) is 11.0. The Bertz CT molecular complexity index is 836. The van der Waals surface area contributed by atoms with Crippen LogP contribution in [0.25, 0.3) is 17.5 Å². The van der Waals surface area contributed by atoms with Crippen LogP contribution in [0.4, 0.5) is 4.79 Å². The predicted molar refractivity (Wildman–Crippen MR) is 81.9 cm³/mol. The minimum atomic E-state index is -0.823. The summed E-state index contributed by atoms with van der Waals surface area (Å²) >= 11 is 0. The monoisotopic (exact) mass is 308 g/mol. The molecule has 0 atom stereocenters. The Morgan fingerprint density at radius 2 is 1.52 bits per heavy atom. The number of hydrogen-bond donors (Lipinski definition) is 2. The lowest BCUT2D eigenvalue weighted by atomic mass is 10.1. The molecule has 0 bridgehead atoms. The molecule has 23 heavy (non-hydrogen) atoms. The molecule has 3 rings (SSSR count). The zero-order chi connectivity index (χ0) is 16.4. The van der Waals surface area contributed by atoms with Gasteiger partial charge in [-0.2, -0.15) is 0 Å². The molecule has 0 aliphatic carbocycles. The predicted octanol–water partition coefficient (Wildman–Crippen LogP) is 1.20. The van der Waals surface area contributed by atoms with E-state index in [-0.39, 0.29) is 5.57 Å². The Morgan fingerprint density at radius 1 is 0.913 bits per heavy atom. The largest absolute Gasteiger partial charge is 0.328 e. The molecule has 2 aromatic heterocycles. The molecule has 1 aliphatic heterocycles. The van der Waals surface area contributed by atoms with Gasteiger partial charge in [0.15, 0.2) is 0 Å². The molecular weight excluding hydrogens is 296 g/mol. The van der Waals surface area contributed by atoms with E-state index in [1.807, 2.05) is 29.7 Å². The summed E-state index contributed by atoms with van der Waals surface area (Å²) < 4.78 is 0. The highest BCUT2D eigenvalue weighted by molar-refractivity contribution is 6.31. The summed E-state index contributed by atoms with van der Waals surface area (Å²) in [5, 5.41) is 4.06. The van der Waals surface area contributed by atoms with Gasteiger partial charge in [0.05, 0.1) is 11.4 Å². The molecule has 4 amide bonds. The second-order valence-electron chi connectivity index (χ2n) is 4.99. The van der Waals surface area contributed by atoms with E-state index < -0.39 is 17.8 Å². The molecule has 114 valence electrons. The van der Waals surface area contributed by atoms with Gasteiger partial charge >= 0.3 is 6.03 Å². The number of amides is 4. The summed E-state index contributed by atoms with van der Waals surface area (Å²) in [6.45, 7) is 1.95. The van der Waals surface area contributed by atoms with Crippen molar-refractivity contribution in [3.8, 4) is 11.4 Å². The third-order valence-electron chi connectivity index (χ3n) is 3.22. The van der Waals surface area contributed by atoms with Gasteiger partial charge in [-0.25, -0.2) is 4.79 Å². The molecule has 0 saturated carbocycles. The van der Waals surface area contributed by atoms with Crippen molar-refractivity contribution in [3.63, 3.8) is 0 Å². The first kappa shape index (κ1) is 14.6. The van der Waals surface area contributed by atoms with E-state index in [0.717, 1.165) is 5.56 Å². The van der Waals surface area contributed by atoms with Crippen molar-refractivity contribution < 1.29 is 14.4 Å². The number of hydrogen-bond acceptors (Lipinski definition) is 5. The van der Waals surface area contributed by atoms with Crippen LogP contribution >= 0.6 is 0 Å². The summed E-state index contributed by atoms with van der Waals surface area (Å²) in [7, 11) is 0. The second kappa shape index (κ2) is 5.80. The first-order valence-corrected chi connectivity index (χ1v) is 6.80. The van der Waals surface area contributed by atoms with Gasteiger partial charge in [0.1, 0.15) is 5.57 Å².